The van der Waals surface area contributed by atoms with E-state index in [1.54, 1.807) is 30.5 Å². The van der Waals surface area contributed by atoms with Crippen LogP contribution >= 0.6 is 11.6 Å². The van der Waals surface area contributed by atoms with Gasteiger partial charge in [-0.1, -0.05) is 17.7 Å². The molecule has 1 aromatic carbocycles. The van der Waals surface area contributed by atoms with Gasteiger partial charge in [-0.2, -0.15) is 0 Å². The fraction of sp³-hybridized carbons (Fsp3) is 0.250. The fourth-order valence-corrected chi connectivity index (χ4v) is 3.30. The summed E-state index contributed by atoms with van der Waals surface area (Å²) in [7, 11) is 0. The molecule has 1 atom stereocenters. The third-order valence-corrected chi connectivity index (χ3v) is 4.72. The minimum Gasteiger partial charge on any atom is -0.492 e. The Morgan fingerprint density at radius 1 is 1.33 bits per heavy atom. The third-order valence-electron chi connectivity index (χ3n) is 4.49. The van der Waals surface area contributed by atoms with Gasteiger partial charge in [-0.15, -0.1) is 0 Å². The Hall–Kier alpha value is -2.86. The van der Waals surface area contributed by atoms with Gasteiger partial charge >= 0.3 is 5.97 Å². The van der Waals surface area contributed by atoms with Crippen molar-refractivity contribution in [2.24, 2.45) is 5.92 Å². The second-order valence-corrected chi connectivity index (χ2v) is 7.03. The van der Waals surface area contributed by atoms with Crippen LogP contribution in [0.15, 0.2) is 47.4 Å². The molecule has 0 saturated heterocycles. The zero-order chi connectivity index (χ0) is 19.0. The van der Waals surface area contributed by atoms with Crippen molar-refractivity contribution in [3.63, 3.8) is 0 Å². The van der Waals surface area contributed by atoms with Crippen LogP contribution in [0.3, 0.4) is 0 Å². The largest absolute Gasteiger partial charge is 0.492 e. The number of carbonyl (C=O) groups excluding carboxylic acids is 1. The average Bonchev–Trinajstić information content (AvgIpc) is 2.66. The molecule has 138 valence electrons. The van der Waals surface area contributed by atoms with E-state index in [0.717, 1.165) is 16.9 Å². The standard InChI is InChI=1S/C20H17ClN2O4/c1-12-2-5-18-22-16(8-19(24)23(18)9-12)11-27-20(25)14-6-13-7-15(21)3-4-17(13)26-10-14/h2-5,7-9,14H,6,10-11H2,1H3/t14-/m0/s1. The van der Waals surface area contributed by atoms with E-state index < -0.39 is 5.92 Å². The van der Waals surface area contributed by atoms with E-state index in [1.165, 1.54) is 10.5 Å². The number of benzene rings is 1. The van der Waals surface area contributed by atoms with Crippen molar-refractivity contribution in [2.45, 2.75) is 20.0 Å². The number of esters is 1. The first kappa shape index (κ1) is 17.5. The molecule has 27 heavy (non-hydrogen) atoms. The molecule has 0 amide bonds. The van der Waals surface area contributed by atoms with Gasteiger partial charge in [-0.3, -0.25) is 14.0 Å². The molecule has 0 saturated carbocycles. The van der Waals surface area contributed by atoms with Gasteiger partial charge in [0.15, 0.2) is 0 Å². The number of aryl methyl sites for hydroxylation is 1. The molecular formula is C20H17ClN2O4. The van der Waals surface area contributed by atoms with Crippen molar-refractivity contribution in [1.29, 1.82) is 0 Å². The van der Waals surface area contributed by atoms with Gasteiger partial charge in [-0.05, 0) is 48.7 Å². The number of hydrogen-bond donors (Lipinski definition) is 0. The highest BCUT2D eigenvalue weighted by molar-refractivity contribution is 6.30. The minimum absolute atomic E-state index is 0.0582. The van der Waals surface area contributed by atoms with Crippen LogP contribution in [0.1, 0.15) is 16.8 Å². The number of nitrogens with zero attached hydrogens (tertiary/aromatic N) is 2. The Morgan fingerprint density at radius 3 is 3.04 bits per heavy atom. The van der Waals surface area contributed by atoms with Crippen LogP contribution in [0.4, 0.5) is 0 Å². The van der Waals surface area contributed by atoms with E-state index >= 15 is 0 Å². The Balaban J connectivity index is 1.46. The summed E-state index contributed by atoms with van der Waals surface area (Å²) in [5, 5.41) is 0.599. The number of pyridine rings is 1. The maximum Gasteiger partial charge on any atom is 0.313 e. The summed E-state index contributed by atoms with van der Waals surface area (Å²) < 4.78 is 12.5. The summed E-state index contributed by atoms with van der Waals surface area (Å²) in [5.41, 5.74) is 2.57. The molecule has 6 nitrogen and oxygen atoms in total. The zero-order valence-electron chi connectivity index (χ0n) is 14.6. The van der Waals surface area contributed by atoms with E-state index in [9.17, 15) is 9.59 Å². The van der Waals surface area contributed by atoms with E-state index in [0.29, 0.717) is 22.8 Å². The van der Waals surface area contributed by atoms with Crippen LogP contribution in [0.2, 0.25) is 5.02 Å². The van der Waals surface area contributed by atoms with Crippen molar-refractivity contribution >= 4 is 23.2 Å². The number of carbonyl (C=O) groups is 1. The molecule has 2 aromatic heterocycles. The average molecular weight is 385 g/mol. The normalized spacial score (nSPS) is 15.9. The maximum absolute atomic E-state index is 12.4. The number of aromatic nitrogens is 2. The molecule has 1 aliphatic heterocycles. The molecule has 7 heteroatoms. The molecule has 0 aliphatic carbocycles. The maximum atomic E-state index is 12.4. The highest BCUT2D eigenvalue weighted by Crippen LogP contribution is 2.30. The van der Waals surface area contributed by atoms with Crippen LogP contribution < -0.4 is 10.3 Å². The van der Waals surface area contributed by atoms with E-state index in [4.69, 9.17) is 21.1 Å². The van der Waals surface area contributed by atoms with Gasteiger partial charge < -0.3 is 9.47 Å². The van der Waals surface area contributed by atoms with Crippen molar-refractivity contribution in [3.8, 4) is 5.75 Å². The smallest absolute Gasteiger partial charge is 0.313 e. The van der Waals surface area contributed by atoms with Gasteiger partial charge in [0, 0.05) is 17.3 Å². The lowest BCUT2D eigenvalue weighted by atomic mass is 9.97. The molecule has 0 fully saturated rings. The van der Waals surface area contributed by atoms with Crippen LogP contribution in [-0.4, -0.2) is 22.0 Å². The molecule has 4 rings (SSSR count). The van der Waals surface area contributed by atoms with Gasteiger partial charge in [-0.25, -0.2) is 4.98 Å². The predicted molar refractivity (Wildman–Crippen MR) is 100 cm³/mol. The molecule has 3 heterocycles. The van der Waals surface area contributed by atoms with Gasteiger partial charge in [0.1, 0.15) is 24.6 Å². The molecular weight excluding hydrogens is 368 g/mol. The Labute approximate surface area is 160 Å². The summed E-state index contributed by atoms with van der Waals surface area (Å²) in [6, 6.07) is 10.4. The van der Waals surface area contributed by atoms with Crippen molar-refractivity contribution in [1.82, 2.24) is 9.38 Å². The Bertz CT molecular complexity index is 1090. The first-order valence-corrected chi connectivity index (χ1v) is 8.94. The number of ether oxygens (including phenoxy) is 2. The second kappa shape index (κ2) is 7.04. The van der Waals surface area contributed by atoms with Crippen LogP contribution in [0, 0.1) is 12.8 Å². The van der Waals surface area contributed by atoms with Crippen LogP contribution in [0.5, 0.6) is 5.75 Å². The minimum atomic E-state index is -0.417. The van der Waals surface area contributed by atoms with Gasteiger partial charge in [0.05, 0.1) is 11.6 Å². The fourth-order valence-electron chi connectivity index (χ4n) is 3.11. The Morgan fingerprint density at radius 2 is 2.19 bits per heavy atom. The molecule has 0 radical (unpaired) electrons. The Kier molecular flexibility index (Phi) is 4.58. The van der Waals surface area contributed by atoms with Crippen molar-refractivity contribution in [3.05, 3.63) is 74.8 Å². The monoisotopic (exact) mass is 384 g/mol. The number of halogens is 1. The van der Waals surface area contributed by atoms with Crippen molar-refractivity contribution < 1.29 is 14.3 Å². The van der Waals surface area contributed by atoms with E-state index in [1.807, 2.05) is 13.0 Å². The zero-order valence-corrected chi connectivity index (χ0v) is 15.4. The topological polar surface area (TPSA) is 69.9 Å². The summed E-state index contributed by atoms with van der Waals surface area (Å²) >= 11 is 6.01. The lowest BCUT2D eigenvalue weighted by molar-refractivity contribution is -0.151. The second-order valence-electron chi connectivity index (χ2n) is 6.59. The van der Waals surface area contributed by atoms with Crippen LogP contribution in [-0.2, 0) is 22.6 Å². The van der Waals surface area contributed by atoms with Crippen molar-refractivity contribution in [2.75, 3.05) is 6.61 Å². The molecule has 3 aromatic rings. The molecule has 0 unspecified atom stereocenters. The summed E-state index contributed by atoms with van der Waals surface area (Å²) in [5.74, 6) is -0.0605. The number of fused-ring (bicyclic) bond motifs is 2. The first-order chi connectivity index (χ1) is 13.0. The summed E-state index contributed by atoms with van der Waals surface area (Å²) in [4.78, 5) is 29.0. The number of rotatable bonds is 3. The lowest BCUT2D eigenvalue weighted by Gasteiger charge is -2.24. The predicted octanol–water partition coefficient (Wildman–Crippen LogP) is 2.95. The molecule has 0 N–H and O–H groups in total. The lowest BCUT2D eigenvalue weighted by Crippen LogP contribution is -2.30. The van der Waals surface area contributed by atoms with Gasteiger partial charge in [0.25, 0.3) is 5.56 Å². The summed E-state index contributed by atoms with van der Waals surface area (Å²) in [6.45, 7) is 2.09. The first-order valence-electron chi connectivity index (χ1n) is 8.56. The molecule has 0 spiro atoms. The van der Waals surface area contributed by atoms with Gasteiger partial charge in [0.2, 0.25) is 0 Å². The van der Waals surface area contributed by atoms with E-state index in [-0.39, 0.29) is 24.7 Å². The summed E-state index contributed by atoms with van der Waals surface area (Å²) in [6.07, 6.45) is 2.23. The van der Waals surface area contributed by atoms with E-state index in [2.05, 4.69) is 4.98 Å². The SMILES string of the molecule is Cc1ccc2nc(COC(=O)[C@@H]3COc4ccc(Cl)cc4C3)cc(=O)n2c1. The molecule has 1 aliphatic rings. The molecule has 0 bridgehead atoms. The van der Waals surface area contributed by atoms with Crippen LogP contribution in [0.25, 0.3) is 5.65 Å². The highest BCUT2D eigenvalue weighted by Gasteiger charge is 2.27. The highest BCUT2D eigenvalue weighted by atomic mass is 35.5. The number of hydrogen-bond acceptors (Lipinski definition) is 5. The third kappa shape index (κ3) is 3.66. The quantitative estimate of drug-likeness (QED) is 0.649.